The third-order valence-electron chi connectivity index (χ3n) is 3.45. The van der Waals surface area contributed by atoms with Gasteiger partial charge >= 0.3 is 0 Å². The van der Waals surface area contributed by atoms with Gasteiger partial charge in [-0.25, -0.2) is 0 Å². The van der Waals surface area contributed by atoms with Crippen LogP contribution >= 0.6 is 0 Å². The molecule has 0 spiro atoms. The molecule has 0 radical (unpaired) electrons. The highest BCUT2D eigenvalue weighted by molar-refractivity contribution is 5.39. The first-order chi connectivity index (χ1) is 8.20. The summed E-state index contributed by atoms with van der Waals surface area (Å²) in [7, 11) is 1.66. The zero-order chi connectivity index (χ0) is 12.3. The lowest BCUT2D eigenvalue weighted by molar-refractivity contribution is 0.104. The largest absolute Gasteiger partial charge is 0.493 e. The van der Waals surface area contributed by atoms with Crippen LogP contribution < -0.4 is 15.2 Å². The van der Waals surface area contributed by atoms with Gasteiger partial charge in [0.25, 0.3) is 0 Å². The Bertz CT molecular complexity index is 367. The van der Waals surface area contributed by atoms with Crippen molar-refractivity contribution in [3.05, 3.63) is 24.3 Å². The zero-order valence-electron chi connectivity index (χ0n) is 10.6. The highest BCUT2D eigenvalue weighted by atomic mass is 16.5. The van der Waals surface area contributed by atoms with Gasteiger partial charge in [0.2, 0.25) is 0 Å². The number of nitrogens with two attached hydrogens (primary N) is 1. The van der Waals surface area contributed by atoms with Gasteiger partial charge in [0.15, 0.2) is 11.5 Å². The fourth-order valence-corrected chi connectivity index (χ4v) is 2.37. The van der Waals surface area contributed by atoms with E-state index in [-0.39, 0.29) is 12.1 Å². The second-order valence-corrected chi connectivity index (χ2v) is 4.89. The number of hydrogen-bond acceptors (Lipinski definition) is 3. The van der Waals surface area contributed by atoms with Crippen LogP contribution in [0.4, 0.5) is 0 Å². The molecule has 3 atom stereocenters. The van der Waals surface area contributed by atoms with E-state index < -0.39 is 0 Å². The zero-order valence-corrected chi connectivity index (χ0v) is 10.6. The number of ether oxygens (including phenoxy) is 2. The third-order valence-corrected chi connectivity index (χ3v) is 3.45. The summed E-state index contributed by atoms with van der Waals surface area (Å²) >= 11 is 0. The van der Waals surface area contributed by atoms with Crippen molar-refractivity contribution >= 4 is 0 Å². The second kappa shape index (κ2) is 5.41. The highest BCUT2D eigenvalue weighted by Gasteiger charge is 2.28. The van der Waals surface area contributed by atoms with Crippen molar-refractivity contribution in [2.45, 2.75) is 38.3 Å². The number of benzene rings is 1. The van der Waals surface area contributed by atoms with Gasteiger partial charge in [-0.15, -0.1) is 0 Å². The lowest BCUT2D eigenvalue weighted by Crippen LogP contribution is -2.43. The minimum absolute atomic E-state index is 0.107. The summed E-state index contributed by atoms with van der Waals surface area (Å²) in [6.07, 6.45) is 3.38. The molecule has 0 aromatic heterocycles. The van der Waals surface area contributed by atoms with Gasteiger partial charge in [0.1, 0.15) is 6.10 Å². The molecular weight excluding hydrogens is 214 g/mol. The first kappa shape index (κ1) is 12.2. The molecule has 0 aliphatic heterocycles. The van der Waals surface area contributed by atoms with Gasteiger partial charge in [-0.2, -0.15) is 0 Å². The van der Waals surface area contributed by atoms with Gasteiger partial charge in [-0.05, 0) is 37.3 Å². The normalized spacial score (nSPS) is 28.8. The molecule has 3 unspecified atom stereocenters. The number of methoxy groups -OCH3 is 1. The maximum atomic E-state index is 6.11. The minimum Gasteiger partial charge on any atom is -0.493 e. The van der Waals surface area contributed by atoms with Crippen LogP contribution in [0.1, 0.15) is 26.2 Å². The summed E-state index contributed by atoms with van der Waals surface area (Å²) in [5.74, 6) is 2.26. The van der Waals surface area contributed by atoms with Crippen LogP contribution in [0.5, 0.6) is 11.5 Å². The Labute approximate surface area is 103 Å². The van der Waals surface area contributed by atoms with Crippen LogP contribution in [0.2, 0.25) is 0 Å². The van der Waals surface area contributed by atoms with Gasteiger partial charge in [-0.3, -0.25) is 0 Å². The molecule has 17 heavy (non-hydrogen) atoms. The molecule has 2 N–H and O–H groups in total. The fourth-order valence-electron chi connectivity index (χ4n) is 2.37. The summed E-state index contributed by atoms with van der Waals surface area (Å²) in [4.78, 5) is 0. The summed E-state index contributed by atoms with van der Waals surface area (Å²) < 4.78 is 11.3. The second-order valence-electron chi connectivity index (χ2n) is 4.89. The van der Waals surface area contributed by atoms with Gasteiger partial charge < -0.3 is 15.2 Å². The molecule has 2 rings (SSSR count). The van der Waals surface area contributed by atoms with E-state index in [1.165, 1.54) is 6.42 Å². The predicted octanol–water partition coefficient (Wildman–Crippen LogP) is 2.59. The average molecular weight is 235 g/mol. The molecule has 0 amide bonds. The predicted molar refractivity (Wildman–Crippen MR) is 68.4 cm³/mol. The van der Waals surface area contributed by atoms with Gasteiger partial charge in [0, 0.05) is 6.04 Å². The van der Waals surface area contributed by atoms with Crippen LogP contribution in [-0.2, 0) is 0 Å². The van der Waals surface area contributed by atoms with E-state index in [0.29, 0.717) is 5.92 Å². The van der Waals surface area contributed by atoms with Crippen LogP contribution in [-0.4, -0.2) is 19.3 Å². The van der Waals surface area contributed by atoms with Gasteiger partial charge in [0.05, 0.1) is 7.11 Å². The number of hydrogen-bond donors (Lipinski definition) is 1. The van der Waals surface area contributed by atoms with E-state index >= 15 is 0 Å². The summed E-state index contributed by atoms with van der Waals surface area (Å²) in [6.45, 7) is 2.25. The van der Waals surface area contributed by atoms with E-state index in [4.69, 9.17) is 15.2 Å². The number of rotatable bonds is 3. The SMILES string of the molecule is COc1ccccc1OC1CC(C)CCC1N. The smallest absolute Gasteiger partial charge is 0.161 e. The monoisotopic (exact) mass is 235 g/mol. The van der Waals surface area contributed by atoms with E-state index in [1.807, 2.05) is 24.3 Å². The van der Waals surface area contributed by atoms with E-state index in [0.717, 1.165) is 24.3 Å². The molecule has 1 aliphatic rings. The van der Waals surface area contributed by atoms with E-state index in [2.05, 4.69) is 6.92 Å². The van der Waals surface area contributed by atoms with Crippen LogP contribution in [0.3, 0.4) is 0 Å². The van der Waals surface area contributed by atoms with E-state index in [1.54, 1.807) is 7.11 Å². The Morgan fingerprint density at radius 2 is 1.88 bits per heavy atom. The Kier molecular flexibility index (Phi) is 3.89. The molecule has 0 saturated heterocycles. The lowest BCUT2D eigenvalue weighted by Gasteiger charge is -2.33. The molecule has 0 heterocycles. The van der Waals surface area contributed by atoms with Crippen LogP contribution in [0, 0.1) is 5.92 Å². The molecule has 1 aromatic rings. The standard InChI is InChI=1S/C14H21NO2/c1-10-7-8-11(15)14(9-10)17-13-6-4-3-5-12(13)16-2/h3-6,10-11,14H,7-9,15H2,1-2H3. The maximum Gasteiger partial charge on any atom is 0.161 e. The topological polar surface area (TPSA) is 44.5 Å². The van der Waals surface area contributed by atoms with Crippen LogP contribution in [0.25, 0.3) is 0 Å². The maximum absolute atomic E-state index is 6.11. The first-order valence-electron chi connectivity index (χ1n) is 6.26. The van der Waals surface area contributed by atoms with Crippen molar-refractivity contribution in [2.24, 2.45) is 11.7 Å². The molecule has 1 aliphatic carbocycles. The number of para-hydroxylation sites is 2. The molecule has 94 valence electrons. The van der Waals surface area contributed by atoms with Crippen molar-refractivity contribution in [1.82, 2.24) is 0 Å². The van der Waals surface area contributed by atoms with Crippen LogP contribution in [0.15, 0.2) is 24.3 Å². The molecule has 0 bridgehead atoms. The van der Waals surface area contributed by atoms with Crippen molar-refractivity contribution < 1.29 is 9.47 Å². The summed E-state index contributed by atoms with van der Waals surface area (Å²) in [5, 5.41) is 0. The average Bonchev–Trinajstić information content (AvgIpc) is 2.34. The molecular formula is C14H21NO2. The van der Waals surface area contributed by atoms with Crippen molar-refractivity contribution in [3.63, 3.8) is 0 Å². The Morgan fingerprint density at radius 1 is 1.18 bits per heavy atom. The van der Waals surface area contributed by atoms with Crippen molar-refractivity contribution in [1.29, 1.82) is 0 Å². The van der Waals surface area contributed by atoms with E-state index in [9.17, 15) is 0 Å². The Hall–Kier alpha value is -1.22. The highest BCUT2D eigenvalue weighted by Crippen LogP contribution is 2.31. The lowest BCUT2D eigenvalue weighted by atomic mass is 9.85. The Morgan fingerprint density at radius 3 is 2.59 bits per heavy atom. The fraction of sp³-hybridized carbons (Fsp3) is 0.571. The molecule has 1 fully saturated rings. The van der Waals surface area contributed by atoms with Crippen molar-refractivity contribution in [2.75, 3.05) is 7.11 Å². The molecule has 3 heteroatoms. The first-order valence-corrected chi connectivity index (χ1v) is 6.26. The third kappa shape index (κ3) is 2.91. The Balaban J connectivity index is 2.08. The summed E-state index contributed by atoms with van der Waals surface area (Å²) in [6, 6.07) is 7.87. The summed E-state index contributed by atoms with van der Waals surface area (Å²) in [5.41, 5.74) is 6.11. The molecule has 3 nitrogen and oxygen atoms in total. The molecule has 1 aromatic carbocycles. The minimum atomic E-state index is 0.107. The quantitative estimate of drug-likeness (QED) is 0.875. The molecule has 1 saturated carbocycles. The van der Waals surface area contributed by atoms with Gasteiger partial charge in [-0.1, -0.05) is 19.1 Å². The van der Waals surface area contributed by atoms with Crippen molar-refractivity contribution in [3.8, 4) is 11.5 Å².